The highest BCUT2D eigenvalue weighted by Gasteiger charge is 2.21. The fraction of sp³-hybridized carbons (Fsp3) is 0.286. The third-order valence-electron chi connectivity index (χ3n) is 3.37. The van der Waals surface area contributed by atoms with Gasteiger partial charge in [-0.1, -0.05) is 0 Å². The minimum Gasteiger partial charge on any atom is -0.477 e. The maximum atomic E-state index is 10.9. The summed E-state index contributed by atoms with van der Waals surface area (Å²) in [5, 5.41) is 14.5. The molecule has 2 aromatic rings. The van der Waals surface area contributed by atoms with Crippen LogP contribution in [0.4, 0.5) is 5.69 Å². The highest BCUT2D eigenvalue weighted by atomic mass is 32.1. The Hall–Kier alpha value is -1.88. The molecule has 0 radical (unpaired) electrons. The minimum atomic E-state index is -0.997. The Labute approximate surface area is 115 Å². The smallest absolute Gasteiger partial charge is 0.354 e. The Kier molecular flexibility index (Phi) is 3.21. The molecule has 0 bridgehead atoms. The van der Waals surface area contributed by atoms with Crippen LogP contribution in [0, 0.1) is 0 Å². The van der Waals surface area contributed by atoms with Gasteiger partial charge in [-0.2, -0.15) is 0 Å². The first-order chi connectivity index (χ1) is 9.24. The van der Waals surface area contributed by atoms with Crippen molar-refractivity contribution in [1.82, 2.24) is 4.98 Å². The summed E-state index contributed by atoms with van der Waals surface area (Å²) >= 11 is 1.80. The lowest BCUT2D eigenvalue weighted by Crippen LogP contribution is -2.16. The van der Waals surface area contributed by atoms with E-state index in [-0.39, 0.29) is 11.7 Å². The van der Waals surface area contributed by atoms with Gasteiger partial charge >= 0.3 is 5.97 Å². The summed E-state index contributed by atoms with van der Waals surface area (Å²) in [6.45, 7) is 0. The topological polar surface area (TPSA) is 62.2 Å². The maximum Gasteiger partial charge on any atom is 0.354 e. The fourth-order valence-corrected chi connectivity index (χ4v) is 3.46. The van der Waals surface area contributed by atoms with Gasteiger partial charge in [0.25, 0.3) is 0 Å². The lowest BCUT2D eigenvalue weighted by molar-refractivity contribution is 0.0690. The molecule has 2 aromatic heterocycles. The molecule has 3 rings (SSSR count). The summed E-state index contributed by atoms with van der Waals surface area (Å²) in [5.74, 6) is -0.997. The van der Waals surface area contributed by atoms with Crippen LogP contribution in [-0.2, 0) is 6.42 Å². The van der Waals surface area contributed by atoms with Gasteiger partial charge in [-0.05, 0) is 48.4 Å². The first-order valence-corrected chi connectivity index (χ1v) is 7.14. The number of carbonyl (C=O) groups is 1. The molecule has 0 aromatic carbocycles. The predicted octanol–water partition coefficient (Wildman–Crippen LogP) is 3.33. The van der Waals surface area contributed by atoms with Gasteiger partial charge in [0, 0.05) is 16.8 Å². The molecule has 98 valence electrons. The van der Waals surface area contributed by atoms with Crippen LogP contribution in [0.2, 0.25) is 0 Å². The largest absolute Gasteiger partial charge is 0.477 e. The van der Waals surface area contributed by atoms with Crippen LogP contribution in [0.25, 0.3) is 0 Å². The molecular formula is C14H14N2O2S. The van der Waals surface area contributed by atoms with Crippen LogP contribution in [0.3, 0.4) is 0 Å². The number of hydrogen-bond donors (Lipinski definition) is 2. The van der Waals surface area contributed by atoms with Crippen LogP contribution < -0.4 is 5.32 Å². The van der Waals surface area contributed by atoms with Gasteiger partial charge in [0.05, 0.1) is 6.04 Å². The molecule has 1 unspecified atom stereocenters. The van der Waals surface area contributed by atoms with Crippen molar-refractivity contribution in [1.29, 1.82) is 0 Å². The Morgan fingerprint density at radius 3 is 3.21 bits per heavy atom. The highest BCUT2D eigenvalue weighted by Crippen LogP contribution is 2.35. The molecule has 19 heavy (non-hydrogen) atoms. The lowest BCUT2D eigenvalue weighted by atomic mass is 9.94. The van der Waals surface area contributed by atoms with Crippen LogP contribution in [0.15, 0.2) is 29.8 Å². The maximum absolute atomic E-state index is 10.9. The second-order valence-electron chi connectivity index (χ2n) is 4.62. The number of hydrogen-bond acceptors (Lipinski definition) is 4. The van der Waals surface area contributed by atoms with Gasteiger partial charge in [0.1, 0.15) is 5.69 Å². The second-order valence-corrected chi connectivity index (χ2v) is 5.62. The van der Waals surface area contributed by atoms with Crippen molar-refractivity contribution in [3.05, 3.63) is 45.9 Å². The summed E-state index contributed by atoms with van der Waals surface area (Å²) in [4.78, 5) is 16.2. The molecule has 0 spiro atoms. The summed E-state index contributed by atoms with van der Waals surface area (Å²) < 4.78 is 0. The van der Waals surface area contributed by atoms with Gasteiger partial charge in [-0.25, -0.2) is 9.78 Å². The van der Waals surface area contributed by atoms with Crippen LogP contribution in [-0.4, -0.2) is 16.1 Å². The van der Waals surface area contributed by atoms with Gasteiger partial charge in [0.15, 0.2) is 0 Å². The average Bonchev–Trinajstić information content (AvgIpc) is 2.88. The SMILES string of the molecule is O=C(O)c1cc(NC2CCCc3sccc32)ccn1. The zero-order valence-electron chi connectivity index (χ0n) is 10.3. The Balaban J connectivity index is 1.83. The lowest BCUT2D eigenvalue weighted by Gasteiger charge is -2.24. The molecule has 2 N–H and O–H groups in total. The highest BCUT2D eigenvalue weighted by molar-refractivity contribution is 7.10. The number of pyridine rings is 1. The zero-order valence-corrected chi connectivity index (χ0v) is 11.1. The molecule has 0 amide bonds. The van der Waals surface area contributed by atoms with Crippen LogP contribution in [0.5, 0.6) is 0 Å². The molecule has 1 atom stereocenters. The number of carboxylic acids is 1. The molecule has 1 aliphatic rings. The summed E-state index contributed by atoms with van der Waals surface area (Å²) in [6, 6.07) is 5.84. The molecule has 0 fully saturated rings. The first kappa shape index (κ1) is 12.2. The monoisotopic (exact) mass is 274 g/mol. The number of aromatic carboxylic acids is 1. The molecule has 0 aliphatic heterocycles. The van der Waals surface area contributed by atoms with Crippen LogP contribution in [0.1, 0.15) is 39.8 Å². The van der Waals surface area contributed by atoms with E-state index in [0.717, 1.165) is 18.5 Å². The van der Waals surface area contributed by atoms with Crippen LogP contribution >= 0.6 is 11.3 Å². The number of thiophene rings is 1. The van der Waals surface area contributed by atoms with E-state index in [1.165, 1.54) is 23.1 Å². The number of nitrogens with zero attached hydrogens (tertiary/aromatic N) is 1. The van der Waals surface area contributed by atoms with E-state index in [2.05, 4.69) is 21.7 Å². The molecular weight excluding hydrogens is 260 g/mol. The minimum absolute atomic E-state index is 0.0753. The van der Waals surface area contributed by atoms with E-state index in [9.17, 15) is 4.79 Å². The van der Waals surface area contributed by atoms with E-state index in [4.69, 9.17) is 5.11 Å². The number of aromatic nitrogens is 1. The van der Waals surface area contributed by atoms with Gasteiger partial charge in [-0.3, -0.25) is 0 Å². The van der Waals surface area contributed by atoms with Crippen molar-refractivity contribution in [3.63, 3.8) is 0 Å². The molecule has 5 heteroatoms. The summed E-state index contributed by atoms with van der Waals surface area (Å²) in [6.07, 6.45) is 4.93. The quantitative estimate of drug-likeness (QED) is 0.901. The van der Waals surface area contributed by atoms with E-state index in [1.807, 2.05) is 6.07 Å². The first-order valence-electron chi connectivity index (χ1n) is 6.26. The van der Waals surface area contributed by atoms with Crippen molar-refractivity contribution in [2.75, 3.05) is 5.32 Å². The number of nitrogens with one attached hydrogen (secondary N) is 1. The summed E-state index contributed by atoms with van der Waals surface area (Å²) in [5.41, 5.74) is 2.24. The number of fused-ring (bicyclic) bond motifs is 1. The number of anilines is 1. The number of aryl methyl sites for hydroxylation is 1. The molecule has 0 saturated heterocycles. The van der Waals surface area contributed by atoms with Crippen molar-refractivity contribution >= 4 is 23.0 Å². The Bertz CT molecular complexity index is 609. The van der Waals surface area contributed by atoms with Gasteiger partial charge in [0.2, 0.25) is 0 Å². The molecule has 1 aliphatic carbocycles. The van der Waals surface area contributed by atoms with Crippen molar-refractivity contribution in [2.24, 2.45) is 0 Å². The fourth-order valence-electron chi connectivity index (χ4n) is 2.47. The second kappa shape index (κ2) is 5.01. The van der Waals surface area contributed by atoms with E-state index < -0.39 is 5.97 Å². The molecule has 0 saturated carbocycles. The number of rotatable bonds is 3. The predicted molar refractivity (Wildman–Crippen MR) is 74.8 cm³/mol. The molecule has 2 heterocycles. The van der Waals surface area contributed by atoms with Crippen molar-refractivity contribution < 1.29 is 9.90 Å². The van der Waals surface area contributed by atoms with Gasteiger partial charge < -0.3 is 10.4 Å². The van der Waals surface area contributed by atoms with E-state index in [0.29, 0.717) is 0 Å². The van der Waals surface area contributed by atoms with Crippen molar-refractivity contribution in [2.45, 2.75) is 25.3 Å². The van der Waals surface area contributed by atoms with E-state index in [1.54, 1.807) is 17.4 Å². The molecule has 4 nitrogen and oxygen atoms in total. The zero-order chi connectivity index (χ0) is 13.2. The average molecular weight is 274 g/mol. The van der Waals surface area contributed by atoms with E-state index >= 15 is 0 Å². The Morgan fingerprint density at radius 1 is 1.47 bits per heavy atom. The third-order valence-corrected chi connectivity index (χ3v) is 4.37. The standard InChI is InChI=1S/C14H14N2O2S/c17-14(18)12-8-9(4-6-15-12)16-11-2-1-3-13-10(11)5-7-19-13/h4-8,11H,1-3H2,(H,15,16)(H,17,18). The van der Waals surface area contributed by atoms with Gasteiger partial charge in [-0.15, -0.1) is 11.3 Å². The third kappa shape index (κ3) is 2.46. The summed E-state index contributed by atoms with van der Waals surface area (Å²) in [7, 11) is 0. The Morgan fingerprint density at radius 2 is 2.37 bits per heavy atom. The normalized spacial score (nSPS) is 17.8. The number of carboxylic acid groups (broad SMARTS) is 1. The van der Waals surface area contributed by atoms with Crippen molar-refractivity contribution in [3.8, 4) is 0 Å².